The van der Waals surface area contributed by atoms with Crippen LogP contribution in [0.15, 0.2) is 36.4 Å². The summed E-state index contributed by atoms with van der Waals surface area (Å²) in [4.78, 5) is 12.0. The number of nitrogens with one attached hydrogen (secondary N) is 2. The first-order chi connectivity index (χ1) is 12.6. The van der Waals surface area contributed by atoms with E-state index in [0.29, 0.717) is 34.5 Å². The maximum absolute atomic E-state index is 12.0. The summed E-state index contributed by atoms with van der Waals surface area (Å²) >= 11 is 5.85. The van der Waals surface area contributed by atoms with E-state index in [1.54, 1.807) is 33.5 Å². The second kappa shape index (κ2) is 9.77. The molecule has 0 radical (unpaired) electrons. The lowest BCUT2D eigenvalue weighted by Gasteiger charge is -2.15. The van der Waals surface area contributed by atoms with E-state index >= 15 is 0 Å². The van der Waals surface area contributed by atoms with Gasteiger partial charge in [-0.15, -0.1) is 0 Å². The molecule has 0 fully saturated rings. The van der Waals surface area contributed by atoms with E-state index in [0.717, 1.165) is 12.0 Å². The topological polar surface area (TPSA) is 68.8 Å². The third-order valence-corrected chi connectivity index (χ3v) is 4.02. The van der Waals surface area contributed by atoms with Gasteiger partial charge in [0.25, 0.3) is 0 Å². The number of rotatable bonds is 9. The van der Waals surface area contributed by atoms with Crippen molar-refractivity contribution in [3.8, 4) is 17.2 Å². The van der Waals surface area contributed by atoms with Gasteiger partial charge in [-0.3, -0.25) is 4.79 Å². The third-order valence-electron chi connectivity index (χ3n) is 3.77. The van der Waals surface area contributed by atoms with Crippen molar-refractivity contribution in [1.82, 2.24) is 5.32 Å². The summed E-state index contributed by atoms with van der Waals surface area (Å²) in [5, 5.41) is 6.63. The Morgan fingerprint density at radius 2 is 1.62 bits per heavy atom. The molecule has 7 heteroatoms. The number of benzene rings is 2. The Morgan fingerprint density at radius 3 is 2.15 bits per heavy atom. The van der Waals surface area contributed by atoms with Crippen LogP contribution in [-0.2, 0) is 11.2 Å². The van der Waals surface area contributed by atoms with E-state index < -0.39 is 0 Å². The molecule has 0 heterocycles. The molecule has 0 aliphatic rings. The molecule has 0 aliphatic heterocycles. The molecule has 0 bridgehead atoms. The first-order valence-electron chi connectivity index (χ1n) is 8.12. The van der Waals surface area contributed by atoms with E-state index in [4.69, 9.17) is 25.8 Å². The Balaban J connectivity index is 1.85. The van der Waals surface area contributed by atoms with Crippen LogP contribution in [0.4, 0.5) is 5.69 Å². The molecular weight excluding hydrogens is 356 g/mol. The van der Waals surface area contributed by atoms with Gasteiger partial charge in [-0.2, -0.15) is 0 Å². The molecule has 140 valence electrons. The van der Waals surface area contributed by atoms with Crippen LogP contribution >= 0.6 is 11.6 Å². The number of halogens is 1. The Hall–Kier alpha value is -2.60. The minimum absolute atomic E-state index is 0.104. The Morgan fingerprint density at radius 1 is 1.00 bits per heavy atom. The molecular formula is C19H23ClN2O4. The summed E-state index contributed by atoms with van der Waals surface area (Å²) in [6.07, 6.45) is 0.743. The minimum Gasteiger partial charge on any atom is -0.493 e. The highest BCUT2D eigenvalue weighted by Gasteiger charge is 2.13. The average Bonchev–Trinajstić information content (AvgIpc) is 2.66. The number of amides is 1. The van der Waals surface area contributed by atoms with Gasteiger partial charge < -0.3 is 24.8 Å². The zero-order valence-corrected chi connectivity index (χ0v) is 15.9. The van der Waals surface area contributed by atoms with Crippen LogP contribution in [0, 0.1) is 0 Å². The van der Waals surface area contributed by atoms with Crippen LogP contribution in [0.5, 0.6) is 17.2 Å². The van der Waals surface area contributed by atoms with Crippen molar-refractivity contribution in [2.24, 2.45) is 0 Å². The predicted molar refractivity (Wildman–Crippen MR) is 103 cm³/mol. The minimum atomic E-state index is -0.104. The molecule has 0 atom stereocenters. The highest BCUT2D eigenvalue weighted by atomic mass is 35.5. The molecule has 0 saturated carbocycles. The lowest BCUT2D eigenvalue weighted by atomic mass is 10.1. The number of carbonyl (C=O) groups excluding carboxylic acids is 1. The quantitative estimate of drug-likeness (QED) is 0.701. The maximum atomic E-state index is 12.0. The van der Waals surface area contributed by atoms with Gasteiger partial charge in [-0.25, -0.2) is 0 Å². The number of anilines is 1. The van der Waals surface area contributed by atoms with Crippen LogP contribution in [0.25, 0.3) is 0 Å². The summed E-state index contributed by atoms with van der Waals surface area (Å²) in [6, 6.07) is 11.1. The molecule has 0 unspecified atom stereocenters. The highest BCUT2D eigenvalue weighted by molar-refractivity contribution is 6.30. The molecule has 0 aliphatic carbocycles. The zero-order chi connectivity index (χ0) is 18.9. The van der Waals surface area contributed by atoms with Crippen molar-refractivity contribution >= 4 is 23.2 Å². The molecule has 26 heavy (non-hydrogen) atoms. The smallest absolute Gasteiger partial charge is 0.239 e. The lowest BCUT2D eigenvalue weighted by molar-refractivity contribution is -0.119. The summed E-state index contributed by atoms with van der Waals surface area (Å²) < 4.78 is 15.9. The molecule has 2 aromatic carbocycles. The van der Waals surface area contributed by atoms with E-state index in [9.17, 15) is 4.79 Å². The molecule has 2 aromatic rings. The van der Waals surface area contributed by atoms with Gasteiger partial charge >= 0.3 is 0 Å². The highest BCUT2D eigenvalue weighted by Crippen LogP contribution is 2.39. The van der Waals surface area contributed by atoms with Crippen molar-refractivity contribution in [3.63, 3.8) is 0 Å². The van der Waals surface area contributed by atoms with Gasteiger partial charge in [-0.05, 0) is 24.1 Å². The molecule has 6 nitrogen and oxygen atoms in total. The summed E-state index contributed by atoms with van der Waals surface area (Å²) in [6.45, 7) is 0.691. The van der Waals surface area contributed by atoms with Gasteiger partial charge in [0.1, 0.15) is 0 Å². The fourth-order valence-electron chi connectivity index (χ4n) is 2.43. The third kappa shape index (κ3) is 5.46. The van der Waals surface area contributed by atoms with Gasteiger partial charge in [0.15, 0.2) is 11.5 Å². The first-order valence-corrected chi connectivity index (χ1v) is 8.50. The van der Waals surface area contributed by atoms with Gasteiger partial charge in [0.05, 0.1) is 27.9 Å². The Kier molecular flexibility index (Phi) is 7.41. The van der Waals surface area contributed by atoms with Gasteiger partial charge in [0.2, 0.25) is 11.7 Å². The second-order valence-electron chi connectivity index (χ2n) is 5.49. The molecule has 0 spiro atoms. The van der Waals surface area contributed by atoms with Crippen molar-refractivity contribution in [3.05, 3.63) is 47.0 Å². The number of hydrogen-bond donors (Lipinski definition) is 2. The maximum Gasteiger partial charge on any atom is 0.239 e. The van der Waals surface area contributed by atoms with Crippen LogP contribution in [0.1, 0.15) is 5.56 Å². The largest absolute Gasteiger partial charge is 0.493 e. The van der Waals surface area contributed by atoms with Crippen LogP contribution in [0.2, 0.25) is 5.02 Å². The SMILES string of the molecule is COc1cc(NCC(=O)NCCc2ccc(Cl)cc2)cc(OC)c1OC. The Labute approximate surface area is 158 Å². The second-order valence-corrected chi connectivity index (χ2v) is 5.93. The van der Waals surface area contributed by atoms with Crippen LogP contribution in [-0.4, -0.2) is 40.3 Å². The number of hydrogen-bond acceptors (Lipinski definition) is 5. The predicted octanol–water partition coefficient (Wildman–Crippen LogP) is 3.14. The zero-order valence-electron chi connectivity index (χ0n) is 15.1. The Bertz CT molecular complexity index is 710. The number of ether oxygens (including phenoxy) is 3. The van der Waals surface area contributed by atoms with E-state index in [1.807, 2.05) is 24.3 Å². The van der Waals surface area contributed by atoms with Crippen LogP contribution in [0.3, 0.4) is 0 Å². The monoisotopic (exact) mass is 378 g/mol. The summed E-state index contributed by atoms with van der Waals surface area (Å²) in [7, 11) is 4.64. The van der Waals surface area contributed by atoms with Crippen molar-refractivity contribution in [1.29, 1.82) is 0 Å². The van der Waals surface area contributed by atoms with Crippen molar-refractivity contribution in [2.75, 3.05) is 39.7 Å². The first kappa shape index (κ1) is 19.7. The molecule has 2 N–H and O–H groups in total. The van der Waals surface area contributed by atoms with Gasteiger partial charge in [0, 0.05) is 29.4 Å². The molecule has 0 aromatic heterocycles. The van der Waals surface area contributed by atoms with Crippen LogP contribution < -0.4 is 24.8 Å². The standard InChI is InChI=1S/C19H23ClN2O4/c1-24-16-10-15(11-17(25-2)19(16)26-3)22-12-18(23)21-9-8-13-4-6-14(20)7-5-13/h4-7,10-11,22H,8-9,12H2,1-3H3,(H,21,23). The molecule has 0 saturated heterocycles. The molecule has 2 rings (SSSR count). The fraction of sp³-hybridized carbons (Fsp3) is 0.316. The summed E-state index contributed by atoms with van der Waals surface area (Å²) in [5.41, 5.74) is 1.82. The molecule has 1 amide bonds. The lowest BCUT2D eigenvalue weighted by Crippen LogP contribution is -2.31. The van der Waals surface area contributed by atoms with Gasteiger partial charge in [-0.1, -0.05) is 23.7 Å². The average molecular weight is 379 g/mol. The van der Waals surface area contributed by atoms with Crippen molar-refractivity contribution in [2.45, 2.75) is 6.42 Å². The van der Waals surface area contributed by atoms with Crippen molar-refractivity contribution < 1.29 is 19.0 Å². The number of carbonyl (C=O) groups is 1. The fourth-order valence-corrected chi connectivity index (χ4v) is 2.55. The normalized spacial score (nSPS) is 10.2. The van der Waals surface area contributed by atoms with E-state index in [1.165, 1.54) is 0 Å². The number of methoxy groups -OCH3 is 3. The van der Waals surface area contributed by atoms with E-state index in [-0.39, 0.29) is 12.5 Å². The van der Waals surface area contributed by atoms with E-state index in [2.05, 4.69) is 10.6 Å². The summed E-state index contributed by atoms with van der Waals surface area (Å²) in [5.74, 6) is 1.45.